The predicted molar refractivity (Wildman–Crippen MR) is 79.3 cm³/mol. The predicted octanol–water partition coefficient (Wildman–Crippen LogP) is 3.43. The highest BCUT2D eigenvalue weighted by molar-refractivity contribution is 6.34. The van der Waals surface area contributed by atoms with E-state index in [9.17, 15) is 4.79 Å². The van der Waals surface area contributed by atoms with Gasteiger partial charge in [0.2, 0.25) is 0 Å². The van der Waals surface area contributed by atoms with Gasteiger partial charge in [-0.3, -0.25) is 4.79 Å². The van der Waals surface area contributed by atoms with Gasteiger partial charge in [0.25, 0.3) is 5.91 Å². The maximum atomic E-state index is 12.3. The number of fused-ring (bicyclic) bond motifs is 1. The Balaban J connectivity index is 1.86. The van der Waals surface area contributed by atoms with Crippen molar-refractivity contribution in [2.45, 2.75) is 32.7 Å². The summed E-state index contributed by atoms with van der Waals surface area (Å²) in [5.74, 6) is 1.61. The van der Waals surface area contributed by atoms with E-state index in [1.165, 1.54) is 0 Å². The highest BCUT2D eigenvalue weighted by atomic mass is 35.5. The van der Waals surface area contributed by atoms with Gasteiger partial charge in [-0.15, -0.1) is 0 Å². The number of benzene rings is 1. The van der Waals surface area contributed by atoms with Crippen LogP contribution in [0.1, 0.15) is 34.6 Å². The zero-order valence-electron chi connectivity index (χ0n) is 11.3. The quantitative estimate of drug-likeness (QED) is 0.920. The van der Waals surface area contributed by atoms with E-state index in [2.05, 4.69) is 14.9 Å². The van der Waals surface area contributed by atoms with Crippen molar-refractivity contribution in [3.8, 4) is 0 Å². The average Bonchev–Trinajstić information content (AvgIpc) is 2.85. The third kappa shape index (κ3) is 2.43. The molecule has 20 heavy (non-hydrogen) atoms. The highest BCUT2D eigenvalue weighted by Gasteiger charge is 2.17. The molecule has 0 unspecified atom stereocenters. The lowest BCUT2D eigenvalue weighted by atomic mass is 10.1. The van der Waals surface area contributed by atoms with Crippen LogP contribution >= 0.6 is 11.6 Å². The van der Waals surface area contributed by atoms with Crippen LogP contribution in [0.3, 0.4) is 0 Å². The molecule has 1 amide bonds. The van der Waals surface area contributed by atoms with Crippen molar-refractivity contribution < 1.29 is 4.79 Å². The Kier molecular flexibility index (Phi) is 3.49. The van der Waals surface area contributed by atoms with Crippen LogP contribution < -0.4 is 5.32 Å². The molecule has 1 aromatic carbocycles. The number of hydrogen-bond acceptors (Lipinski definition) is 2. The minimum Gasteiger partial charge on any atom is -0.315 e. The van der Waals surface area contributed by atoms with E-state index in [1.54, 1.807) is 18.3 Å². The molecule has 0 spiro atoms. The normalized spacial score (nSPS) is 13.9. The van der Waals surface area contributed by atoms with Crippen molar-refractivity contribution >= 4 is 23.3 Å². The first-order valence-corrected chi connectivity index (χ1v) is 7.15. The van der Waals surface area contributed by atoms with Crippen LogP contribution in [0.15, 0.2) is 24.4 Å². The molecule has 5 heteroatoms. The third-order valence-electron chi connectivity index (χ3n) is 3.58. The number of rotatable bonds is 2. The number of aryl methyl sites for hydroxylation is 2. The van der Waals surface area contributed by atoms with Gasteiger partial charge >= 0.3 is 0 Å². The molecule has 0 bridgehead atoms. The molecule has 2 aromatic rings. The Morgan fingerprint density at radius 3 is 3.10 bits per heavy atom. The van der Waals surface area contributed by atoms with Gasteiger partial charge < -0.3 is 9.88 Å². The van der Waals surface area contributed by atoms with E-state index in [-0.39, 0.29) is 5.91 Å². The van der Waals surface area contributed by atoms with Crippen molar-refractivity contribution in [3.63, 3.8) is 0 Å². The number of carbonyl (C=O) groups is 1. The topological polar surface area (TPSA) is 46.9 Å². The lowest BCUT2D eigenvalue weighted by Gasteiger charge is -2.16. The number of carbonyl (C=O) groups excluding carboxylic acids is 1. The Bertz CT molecular complexity index is 663. The second-order valence-electron chi connectivity index (χ2n) is 5.11. The number of nitrogens with one attached hydrogen (secondary N) is 1. The van der Waals surface area contributed by atoms with Gasteiger partial charge in [-0.05, 0) is 31.9 Å². The van der Waals surface area contributed by atoms with E-state index >= 15 is 0 Å². The van der Waals surface area contributed by atoms with Crippen LogP contribution in [0, 0.1) is 6.92 Å². The van der Waals surface area contributed by atoms with E-state index in [0.29, 0.717) is 10.6 Å². The third-order valence-corrected chi connectivity index (χ3v) is 3.91. The van der Waals surface area contributed by atoms with Crippen LogP contribution in [-0.2, 0) is 13.0 Å². The maximum absolute atomic E-state index is 12.3. The second kappa shape index (κ2) is 5.29. The van der Waals surface area contributed by atoms with Crippen LogP contribution in [0.4, 0.5) is 5.82 Å². The Labute approximate surface area is 122 Å². The summed E-state index contributed by atoms with van der Waals surface area (Å²) in [6.07, 6.45) is 4.98. The SMILES string of the molecule is Cc1ccc(Cl)c(C(=O)Nc2cnc3n2CCCC3)c1. The fraction of sp³-hybridized carbons (Fsp3) is 0.333. The summed E-state index contributed by atoms with van der Waals surface area (Å²) in [4.78, 5) is 16.7. The van der Waals surface area contributed by atoms with Crippen LogP contribution in [0.5, 0.6) is 0 Å². The fourth-order valence-electron chi connectivity index (χ4n) is 2.51. The number of anilines is 1. The number of imidazole rings is 1. The summed E-state index contributed by atoms with van der Waals surface area (Å²) < 4.78 is 2.07. The standard InChI is InChI=1S/C15H16ClN3O/c1-10-5-6-12(16)11(8-10)15(20)18-14-9-17-13-4-2-3-7-19(13)14/h5-6,8-9H,2-4,7H2,1H3,(H,18,20). The molecular weight excluding hydrogens is 274 g/mol. The van der Waals surface area contributed by atoms with Gasteiger partial charge in [0, 0.05) is 13.0 Å². The number of halogens is 1. The smallest absolute Gasteiger partial charge is 0.258 e. The Hall–Kier alpha value is -1.81. The number of aromatic nitrogens is 2. The van der Waals surface area contributed by atoms with Gasteiger partial charge in [0.05, 0.1) is 16.8 Å². The minimum absolute atomic E-state index is 0.188. The molecule has 1 aliphatic rings. The lowest BCUT2D eigenvalue weighted by Crippen LogP contribution is -2.18. The molecule has 2 heterocycles. The largest absolute Gasteiger partial charge is 0.315 e. The molecule has 1 aliphatic heterocycles. The first kappa shape index (κ1) is 13.2. The Morgan fingerprint density at radius 2 is 2.25 bits per heavy atom. The zero-order valence-corrected chi connectivity index (χ0v) is 12.1. The van der Waals surface area contributed by atoms with Crippen molar-refractivity contribution in [1.82, 2.24) is 9.55 Å². The van der Waals surface area contributed by atoms with E-state index in [0.717, 1.165) is 43.0 Å². The molecule has 0 fully saturated rings. The maximum Gasteiger partial charge on any atom is 0.258 e. The highest BCUT2D eigenvalue weighted by Crippen LogP contribution is 2.22. The molecule has 1 aromatic heterocycles. The average molecular weight is 290 g/mol. The molecule has 1 N–H and O–H groups in total. The fourth-order valence-corrected chi connectivity index (χ4v) is 2.72. The molecule has 0 radical (unpaired) electrons. The zero-order chi connectivity index (χ0) is 14.1. The van der Waals surface area contributed by atoms with Crippen molar-refractivity contribution in [2.24, 2.45) is 0 Å². The summed E-state index contributed by atoms with van der Waals surface area (Å²) in [7, 11) is 0. The van der Waals surface area contributed by atoms with Crippen LogP contribution in [0.2, 0.25) is 5.02 Å². The monoisotopic (exact) mass is 289 g/mol. The lowest BCUT2D eigenvalue weighted by molar-refractivity contribution is 0.102. The van der Waals surface area contributed by atoms with Crippen molar-refractivity contribution in [1.29, 1.82) is 0 Å². The first-order chi connectivity index (χ1) is 9.65. The number of hydrogen-bond donors (Lipinski definition) is 1. The van der Waals surface area contributed by atoms with Crippen molar-refractivity contribution in [2.75, 3.05) is 5.32 Å². The molecule has 0 saturated carbocycles. The van der Waals surface area contributed by atoms with Crippen LogP contribution in [-0.4, -0.2) is 15.5 Å². The van der Waals surface area contributed by atoms with Gasteiger partial charge in [0.1, 0.15) is 11.6 Å². The molecule has 0 atom stereocenters. The summed E-state index contributed by atoms with van der Waals surface area (Å²) in [5, 5.41) is 3.38. The van der Waals surface area contributed by atoms with Gasteiger partial charge in [-0.2, -0.15) is 0 Å². The minimum atomic E-state index is -0.188. The summed E-state index contributed by atoms with van der Waals surface area (Å²) >= 11 is 6.09. The Morgan fingerprint density at radius 1 is 1.40 bits per heavy atom. The van der Waals surface area contributed by atoms with Crippen LogP contribution in [0.25, 0.3) is 0 Å². The van der Waals surface area contributed by atoms with Gasteiger partial charge in [-0.25, -0.2) is 4.98 Å². The van der Waals surface area contributed by atoms with Crippen molar-refractivity contribution in [3.05, 3.63) is 46.4 Å². The molecule has 0 saturated heterocycles. The molecule has 0 aliphatic carbocycles. The summed E-state index contributed by atoms with van der Waals surface area (Å²) in [6.45, 7) is 2.85. The molecule has 3 rings (SSSR count). The first-order valence-electron chi connectivity index (χ1n) is 6.77. The molecule has 4 nitrogen and oxygen atoms in total. The van der Waals surface area contributed by atoms with Gasteiger partial charge in [0.15, 0.2) is 0 Å². The van der Waals surface area contributed by atoms with E-state index < -0.39 is 0 Å². The van der Waals surface area contributed by atoms with Gasteiger partial charge in [-0.1, -0.05) is 23.2 Å². The summed E-state index contributed by atoms with van der Waals surface area (Å²) in [6, 6.07) is 5.43. The van der Waals surface area contributed by atoms with E-state index in [1.807, 2.05) is 13.0 Å². The second-order valence-corrected chi connectivity index (χ2v) is 5.51. The number of nitrogens with zero attached hydrogens (tertiary/aromatic N) is 2. The van der Waals surface area contributed by atoms with E-state index in [4.69, 9.17) is 11.6 Å². The summed E-state index contributed by atoms with van der Waals surface area (Å²) in [5.41, 5.74) is 1.51. The number of amides is 1. The molecular formula is C15H16ClN3O. The molecule has 104 valence electrons.